The molecule has 194 valence electrons. The van der Waals surface area contributed by atoms with Gasteiger partial charge in [0.1, 0.15) is 18.7 Å². The lowest BCUT2D eigenvalue weighted by molar-refractivity contribution is -0.901. The average molecular weight is 516 g/mol. The SMILES string of the molecule is CCC1CC[NH+](CC(=O)c2ccc(Cl)cc2)C[C@@H]1OC(=O)C(NC(=O)OC(C)(C)C)c1ccccc1. The Balaban J connectivity index is 1.70. The van der Waals surface area contributed by atoms with Crippen molar-refractivity contribution in [3.05, 3.63) is 70.7 Å². The third-order valence-electron chi connectivity index (χ3n) is 6.28. The van der Waals surface area contributed by atoms with E-state index >= 15 is 0 Å². The number of piperidine rings is 1. The molecule has 0 spiro atoms. The molecule has 7 nitrogen and oxygen atoms in total. The molecule has 2 N–H and O–H groups in total. The van der Waals surface area contributed by atoms with Crippen LogP contribution in [-0.2, 0) is 14.3 Å². The first-order valence-corrected chi connectivity index (χ1v) is 12.8. The molecular weight excluding hydrogens is 480 g/mol. The fourth-order valence-corrected chi connectivity index (χ4v) is 4.55. The molecule has 0 saturated carbocycles. The number of hydrogen-bond acceptors (Lipinski definition) is 5. The predicted molar refractivity (Wildman–Crippen MR) is 138 cm³/mol. The number of rotatable bonds is 8. The molecule has 1 fully saturated rings. The average Bonchev–Trinajstić information content (AvgIpc) is 2.82. The van der Waals surface area contributed by atoms with Crippen LogP contribution in [0.25, 0.3) is 0 Å². The molecule has 36 heavy (non-hydrogen) atoms. The van der Waals surface area contributed by atoms with Gasteiger partial charge in [-0.05, 0) is 57.0 Å². The fraction of sp³-hybridized carbons (Fsp3) is 0.464. The van der Waals surface area contributed by atoms with Crippen molar-refractivity contribution in [3.63, 3.8) is 0 Å². The smallest absolute Gasteiger partial charge is 0.408 e. The number of amides is 1. The highest BCUT2D eigenvalue weighted by molar-refractivity contribution is 6.30. The van der Waals surface area contributed by atoms with Crippen LogP contribution in [0.2, 0.25) is 5.02 Å². The van der Waals surface area contributed by atoms with Crippen molar-refractivity contribution in [1.29, 1.82) is 0 Å². The first kappa shape index (κ1) is 27.7. The quantitative estimate of drug-likeness (QED) is 0.410. The van der Waals surface area contributed by atoms with Gasteiger partial charge >= 0.3 is 12.1 Å². The Morgan fingerprint density at radius 3 is 2.36 bits per heavy atom. The molecule has 0 bridgehead atoms. The van der Waals surface area contributed by atoms with E-state index in [1.54, 1.807) is 69.3 Å². The molecule has 2 aromatic carbocycles. The van der Waals surface area contributed by atoms with Crippen molar-refractivity contribution in [2.75, 3.05) is 19.6 Å². The molecule has 0 aromatic heterocycles. The van der Waals surface area contributed by atoms with Crippen LogP contribution in [-0.4, -0.2) is 49.2 Å². The number of nitrogens with one attached hydrogen (secondary N) is 2. The Morgan fingerprint density at radius 2 is 1.75 bits per heavy atom. The first-order valence-electron chi connectivity index (χ1n) is 12.4. The summed E-state index contributed by atoms with van der Waals surface area (Å²) in [5, 5.41) is 3.26. The van der Waals surface area contributed by atoms with Crippen molar-refractivity contribution in [2.24, 2.45) is 5.92 Å². The molecule has 3 rings (SSSR count). The van der Waals surface area contributed by atoms with E-state index in [0.29, 0.717) is 29.2 Å². The molecule has 1 amide bonds. The normalized spacial score (nSPS) is 20.8. The highest BCUT2D eigenvalue weighted by Gasteiger charge is 2.37. The van der Waals surface area contributed by atoms with Crippen LogP contribution < -0.4 is 10.2 Å². The Hall–Kier alpha value is -2.90. The number of Topliss-reactive ketones (excluding diaryl/α,β-unsaturated/α-hetero) is 1. The summed E-state index contributed by atoms with van der Waals surface area (Å²) in [5.74, 6) is -0.336. The summed E-state index contributed by atoms with van der Waals surface area (Å²) in [6.45, 7) is 9.02. The molecule has 1 aliphatic heterocycles. The van der Waals surface area contributed by atoms with Crippen molar-refractivity contribution in [2.45, 2.75) is 58.3 Å². The summed E-state index contributed by atoms with van der Waals surface area (Å²) in [6.07, 6.45) is 0.639. The molecule has 1 heterocycles. The van der Waals surface area contributed by atoms with Gasteiger partial charge in [0.05, 0.1) is 6.54 Å². The fourth-order valence-electron chi connectivity index (χ4n) is 4.43. The summed E-state index contributed by atoms with van der Waals surface area (Å²) in [7, 11) is 0. The molecule has 1 saturated heterocycles. The summed E-state index contributed by atoms with van der Waals surface area (Å²) in [4.78, 5) is 39.7. The van der Waals surface area contributed by atoms with Gasteiger partial charge in [-0.15, -0.1) is 0 Å². The predicted octanol–water partition coefficient (Wildman–Crippen LogP) is 4.02. The highest BCUT2D eigenvalue weighted by Crippen LogP contribution is 2.22. The maximum Gasteiger partial charge on any atom is 0.408 e. The number of benzene rings is 2. The van der Waals surface area contributed by atoms with Crippen molar-refractivity contribution < 1.29 is 28.8 Å². The van der Waals surface area contributed by atoms with Crippen molar-refractivity contribution in [3.8, 4) is 0 Å². The van der Waals surface area contributed by atoms with Crippen LogP contribution in [0.4, 0.5) is 4.79 Å². The Kier molecular flexibility index (Phi) is 9.51. The molecule has 8 heteroatoms. The molecule has 2 aromatic rings. The third-order valence-corrected chi connectivity index (χ3v) is 6.53. The molecule has 0 aliphatic carbocycles. The molecule has 4 atom stereocenters. The maximum atomic E-state index is 13.4. The number of carbonyl (C=O) groups is 3. The van der Waals surface area contributed by atoms with Crippen LogP contribution >= 0.6 is 11.6 Å². The van der Waals surface area contributed by atoms with Crippen molar-refractivity contribution in [1.82, 2.24) is 5.32 Å². The van der Waals surface area contributed by atoms with Crippen LogP contribution in [0.5, 0.6) is 0 Å². The van der Waals surface area contributed by atoms with Gasteiger partial charge < -0.3 is 19.7 Å². The summed E-state index contributed by atoms with van der Waals surface area (Å²) >= 11 is 5.94. The third kappa shape index (κ3) is 8.07. The van der Waals surface area contributed by atoms with E-state index in [9.17, 15) is 14.4 Å². The van der Waals surface area contributed by atoms with Crippen LogP contribution in [0.15, 0.2) is 54.6 Å². The van der Waals surface area contributed by atoms with Crippen LogP contribution in [0, 0.1) is 5.92 Å². The van der Waals surface area contributed by atoms with Gasteiger partial charge in [0.25, 0.3) is 0 Å². The van der Waals surface area contributed by atoms with E-state index in [-0.39, 0.29) is 17.8 Å². The minimum absolute atomic E-state index is 0.0236. The second kappa shape index (κ2) is 12.4. The molecular formula is C28H36ClN2O5+. The van der Waals surface area contributed by atoms with E-state index in [1.165, 1.54) is 0 Å². The number of ether oxygens (including phenoxy) is 2. The summed E-state index contributed by atoms with van der Waals surface area (Å²) < 4.78 is 11.4. The number of quaternary nitrogens is 1. The Bertz CT molecular complexity index is 1040. The van der Waals surface area contributed by atoms with Gasteiger partial charge in [-0.2, -0.15) is 0 Å². The zero-order valence-corrected chi connectivity index (χ0v) is 22.1. The number of halogens is 1. The van der Waals surface area contributed by atoms with Crippen LogP contribution in [0.3, 0.4) is 0 Å². The standard InChI is InChI=1S/C28H35ClN2O5/c1-5-19-15-16-31(17-23(32)20-11-13-22(29)14-12-20)18-24(19)35-26(33)25(21-9-7-6-8-10-21)30-27(34)36-28(2,3)4/h6-14,19,24-25H,5,15-18H2,1-4H3,(H,30,34)/p+1/t19?,24-,25?/m0/s1. The zero-order chi connectivity index (χ0) is 26.3. The van der Waals surface area contributed by atoms with Gasteiger partial charge in [-0.1, -0.05) is 48.9 Å². The number of esters is 1. The van der Waals surface area contributed by atoms with Gasteiger partial charge in [0.15, 0.2) is 12.1 Å². The molecule has 0 radical (unpaired) electrons. The highest BCUT2D eigenvalue weighted by atomic mass is 35.5. The number of alkyl carbamates (subject to hydrolysis) is 1. The molecule has 1 aliphatic rings. The van der Waals surface area contributed by atoms with Gasteiger partial charge in [-0.3, -0.25) is 4.79 Å². The van der Waals surface area contributed by atoms with Gasteiger partial charge in [-0.25, -0.2) is 9.59 Å². The Labute approximate surface area is 218 Å². The largest absolute Gasteiger partial charge is 0.454 e. The monoisotopic (exact) mass is 515 g/mol. The van der Waals surface area contributed by atoms with E-state index in [0.717, 1.165) is 24.3 Å². The minimum Gasteiger partial charge on any atom is -0.454 e. The zero-order valence-electron chi connectivity index (χ0n) is 21.4. The first-order chi connectivity index (χ1) is 17.1. The van der Waals surface area contributed by atoms with E-state index in [4.69, 9.17) is 21.1 Å². The number of hydrogen-bond donors (Lipinski definition) is 2. The lowest BCUT2D eigenvalue weighted by atomic mass is 9.91. The lowest BCUT2D eigenvalue weighted by Gasteiger charge is -2.35. The topological polar surface area (TPSA) is 86.1 Å². The second-order valence-corrected chi connectivity index (χ2v) is 10.7. The van der Waals surface area contributed by atoms with E-state index in [2.05, 4.69) is 12.2 Å². The van der Waals surface area contributed by atoms with Gasteiger partial charge in [0.2, 0.25) is 5.78 Å². The maximum absolute atomic E-state index is 13.4. The summed E-state index contributed by atoms with van der Waals surface area (Å²) in [6, 6.07) is 14.9. The number of likely N-dealkylation sites (tertiary alicyclic amines) is 1. The Morgan fingerprint density at radius 1 is 1.08 bits per heavy atom. The van der Waals surface area contributed by atoms with Crippen molar-refractivity contribution >= 4 is 29.4 Å². The minimum atomic E-state index is -1.00. The number of ketones is 1. The number of carbonyl (C=O) groups excluding carboxylic acids is 3. The lowest BCUT2D eigenvalue weighted by Crippen LogP contribution is -3.15. The summed E-state index contributed by atoms with van der Waals surface area (Å²) in [5.41, 5.74) is 0.523. The van der Waals surface area contributed by atoms with Crippen LogP contribution in [0.1, 0.15) is 62.5 Å². The van der Waals surface area contributed by atoms with Gasteiger partial charge in [0, 0.05) is 22.9 Å². The van der Waals surface area contributed by atoms with E-state index < -0.39 is 23.7 Å². The second-order valence-electron chi connectivity index (χ2n) is 10.2. The molecule has 3 unspecified atom stereocenters. The van der Waals surface area contributed by atoms with E-state index in [1.807, 2.05) is 6.07 Å².